The van der Waals surface area contributed by atoms with Crippen LogP contribution in [0.15, 0.2) is 54.6 Å². The molecule has 0 heterocycles. The molecule has 2 heteroatoms. The zero-order valence-electron chi connectivity index (χ0n) is 10.5. The average molecular weight is 242 g/mol. The van der Waals surface area contributed by atoms with Crippen molar-refractivity contribution < 1.29 is 9.84 Å². The van der Waals surface area contributed by atoms with Crippen molar-refractivity contribution in [1.29, 1.82) is 0 Å². The minimum atomic E-state index is -0.355. The Morgan fingerprint density at radius 1 is 1.00 bits per heavy atom. The molecule has 0 radical (unpaired) electrons. The quantitative estimate of drug-likeness (QED) is 0.872. The summed E-state index contributed by atoms with van der Waals surface area (Å²) in [5, 5.41) is 9.46. The summed E-state index contributed by atoms with van der Waals surface area (Å²) in [6, 6.07) is 17.9. The number of rotatable bonds is 5. The zero-order chi connectivity index (χ0) is 12.8. The maximum atomic E-state index is 9.46. The maximum absolute atomic E-state index is 9.46. The van der Waals surface area contributed by atoms with Crippen LogP contribution in [0.3, 0.4) is 0 Å². The first-order chi connectivity index (χ1) is 8.75. The highest BCUT2D eigenvalue weighted by Crippen LogP contribution is 2.20. The van der Waals surface area contributed by atoms with Crippen LogP contribution in [0.25, 0.3) is 0 Å². The van der Waals surface area contributed by atoms with Gasteiger partial charge in [-0.3, -0.25) is 0 Å². The van der Waals surface area contributed by atoms with E-state index in [1.165, 1.54) is 0 Å². The van der Waals surface area contributed by atoms with Gasteiger partial charge in [-0.25, -0.2) is 0 Å². The summed E-state index contributed by atoms with van der Waals surface area (Å²) in [6.45, 7) is 2.34. The molecule has 18 heavy (non-hydrogen) atoms. The van der Waals surface area contributed by atoms with Crippen LogP contribution in [0.5, 0.6) is 5.75 Å². The average Bonchev–Trinajstić information content (AvgIpc) is 2.38. The van der Waals surface area contributed by atoms with E-state index in [9.17, 15) is 5.11 Å². The Bertz CT molecular complexity index is 477. The van der Waals surface area contributed by atoms with Gasteiger partial charge in [0.2, 0.25) is 0 Å². The molecule has 2 aromatic rings. The Morgan fingerprint density at radius 2 is 1.67 bits per heavy atom. The summed E-state index contributed by atoms with van der Waals surface area (Å²) >= 11 is 0. The van der Waals surface area contributed by atoms with Crippen LogP contribution in [0, 0.1) is 0 Å². The lowest BCUT2D eigenvalue weighted by Crippen LogP contribution is -2.06. The molecule has 0 spiro atoms. The zero-order valence-corrected chi connectivity index (χ0v) is 10.5. The predicted octanol–water partition coefficient (Wildman–Crippen LogP) is 3.19. The number of hydrogen-bond acceptors (Lipinski definition) is 2. The van der Waals surface area contributed by atoms with E-state index in [-0.39, 0.29) is 6.10 Å². The standard InChI is InChI=1S/C16H18O2/c1-13(17)11-15-9-5-6-10-16(15)18-12-14-7-3-2-4-8-14/h2-10,13,17H,11-12H2,1H3/t13-/m0/s1. The molecular formula is C16H18O2. The summed E-state index contributed by atoms with van der Waals surface area (Å²) in [6.07, 6.45) is 0.261. The predicted molar refractivity (Wildman–Crippen MR) is 72.6 cm³/mol. The van der Waals surface area contributed by atoms with Crippen molar-refractivity contribution in [3.63, 3.8) is 0 Å². The first-order valence-corrected chi connectivity index (χ1v) is 6.18. The van der Waals surface area contributed by atoms with Crippen molar-refractivity contribution in [3.8, 4) is 5.75 Å². The van der Waals surface area contributed by atoms with Gasteiger partial charge in [-0.1, -0.05) is 48.5 Å². The third-order valence-corrected chi connectivity index (χ3v) is 2.73. The molecule has 2 nitrogen and oxygen atoms in total. The van der Waals surface area contributed by atoms with Crippen molar-refractivity contribution in [1.82, 2.24) is 0 Å². The normalized spacial score (nSPS) is 12.1. The summed E-state index contributed by atoms with van der Waals surface area (Å²) in [4.78, 5) is 0. The van der Waals surface area contributed by atoms with Crippen LogP contribution in [-0.2, 0) is 13.0 Å². The maximum Gasteiger partial charge on any atom is 0.123 e. The van der Waals surface area contributed by atoms with Gasteiger partial charge in [0.25, 0.3) is 0 Å². The Balaban J connectivity index is 2.05. The Morgan fingerprint density at radius 3 is 2.39 bits per heavy atom. The van der Waals surface area contributed by atoms with Gasteiger partial charge in [0.05, 0.1) is 6.10 Å². The summed E-state index contributed by atoms with van der Waals surface area (Å²) < 4.78 is 5.81. The van der Waals surface area contributed by atoms with Crippen LogP contribution < -0.4 is 4.74 Å². The minimum Gasteiger partial charge on any atom is -0.489 e. The summed E-state index contributed by atoms with van der Waals surface area (Å²) in [5.74, 6) is 0.849. The Labute approximate surface area is 108 Å². The molecule has 1 atom stereocenters. The van der Waals surface area contributed by atoms with E-state index in [0.29, 0.717) is 13.0 Å². The second-order valence-corrected chi connectivity index (χ2v) is 4.44. The number of aliphatic hydroxyl groups is 1. The number of ether oxygens (including phenoxy) is 1. The highest BCUT2D eigenvalue weighted by molar-refractivity contribution is 5.34. The van der Waals surface area contributed by atoms with Gasteiger partial charge in [-0.05, 0) is 24.1 Å². The molecule has 0 aliphatic rings. The second-order valence-electron chi connectivity index (χ2n) is 4.44. The topological polar surface area (TPSA) is 29.5 Å². The third-order valence-electron chi connectivity index (χ3n) is 2.73. The van der Waals surface area contributed by atoms with Crippen LogP contribution >= 0.6 is 0 Å². The van der Waals surface area contributed by atoms with Gasteiger partial charge < -0.3 is 9.84 Å². The van der Waals surface area contributed by atoms with E-state index in [2.05, 4.69) is 0 Å². The number of aliphatic hydroxyl groups excluding tert-OH is 1. The van der Waals surface area contributed by atoms with Crippen molar-refractivity contribution in [3.05, 3.63) is 65.7 Å². The lowest BCUT2D eigenvalue weighted by molar-refractivity contribution is 0.193. The van der Waals surface area contributed by atoms with Crippen LogP contribution in [0.4, 0.5) is 0 Å². The van der Waals surface area contributed by atoms with Gasteiger partial charge >= 0.3 is 0 Å². The highest BCUT2D eigenvalue weighted by Gasteiger charge is 2.06. The minimum absolute atomic E-state index is 0.355. The molecular weight excluding hydrogens is 224 g/mol. The molecule has 0 aliphatic heterocycles. The molecule has 0 unspecified atom stereocenters. The molecule has 0 aliphatic carbocycles. The highest BCUT2D eigenvalue weighted by atomic mass is 16.5. The van der Waals surface area contributed by atoms with Gasteiger partial charge in [-0.15, -0.1) is 0 Å². The van der Waals surface area contributed by atoms with Gasteiger partial charge in [-0.2, -0.15) is 0 Å². The summed E-state index contributed by atoms with van der Waals surface area (Å²) in [7, 11) is 0. The second kappa shape index (κ2) is 6.22. The van der Waals surface area contributed by atoms with Crippen molar-refractivity contribution in [2.45, 2.75) is 26.1 Å². The van der Waals surface area contributed by atoms with Gasteiger partial charge in [0, 0.05) is 6.42 Å². The molecule has 0 aromatic heterocycles. The van der Waals surface area contributed by atoms with E-state index in [4.69, 9.17) is 4.74 Å². The van der Waals surface area contributed by atoms with Gasteiger partial charge in [0.15, 0.2) is 0 Å². The lowest BCUT2D eigenvalue weighted by Gasteiger charge is -2.12. The smallest absolute Gasteiger partial charge is 0.123 e. The molecule has 0 fully saturated rings. The van der Waals surface area contributed by atoms with Crippen LogP contribution in [0.2, 0.25) is 0 Å². The van der Waals surface area contributed by atoms with Crippen LogP contribution in [0.1, 0.15) is 18.1 Å². The fourth-order valence-corrected chi connectivity index (χ4v) is 1.87. The number of hydrogen-bond donors (Lipinski definition) is 1. The molecule has 1 N–H and O–H groups in total. The van der Waals surface area contributed by atoms with Crippen molar-refractivity contribution >= 4 is 0 Å². The fraction of sp³-hybridized carbons (Fsp3) is 0.250. The molecule has 0 saturated carbocycles. The lowest BCUT2D eigenvalue weighted by atomic mass is 10.1. The number of benzene rings is 2. The molecule has 2 rings (SSSR count). The number of para-hydroxylation sites is 1. The van der Waals surface area contributed by atoms with Crippen molar-refractivity contribution in [2.24, 2.45) is 0 Å². The van der Waals surface area contributed by atoms with E-state index in [0.717, 1.165) is 16.9 Å². The molecule has 94 valence electrons. The molecule has 0 amide bonds. The Hall–Kier alpha value is -1.80. The SMILES string of the molecule is C[C@H](O)Cc1ccccc1OCc1ccccc1. The molecule has 0 bridgehead atoms. The van der Waals surface area contributed by atoms with E-state index in [1.54, 1.807) is 6.92 Å². The monoisotopic (exact) mass is 242 g/mol. The first-order valence-electron chi connectivity index (χ1n) is 6.18. The fourth-order valence-electron chi connectivity index (χ4n) is 1.87. The molecule has 0 saturated heterocycles. The van der Waals surface area contributed by atoms with E-state index < -0.39 is 0 Å². The van der Waals surface area contributed by atoms with Crippen molar-refractivity contribution in [2.75, 3.05) is 0 Å². The van der Waals surface area contributed by atoms with E-state index in [1.807, 2.05) is 54.6 Å². The molecule has 2 aromatic carbocycles. The first kappa shape index (κ1) is 12.7. The van der Waals surface area contributed by atoms with Gasteiger partial charge in [0.1, 0.15) is 12.4 Å². The van der Waals surface area contributed by atoms with Crippen LogP contribution in [-0.4, -0.2) is 11.2 Å². The Kier molecular flexibility index (Phi) is 4.37. The largest absolute Gasteiger partial charge is 0.489 e. The third kappa shape index (κ3) is 3.60. The van der Waals surface area contributed by atoms with E-state index >= 15 is 0 Å². The summed E-state index contributed by atoms with van der Waals surface area (Å²) in [5.41, 5.74) is 2.19.